The summed E-state index contributed by atoms with van der Waals surface area (Å²) < 4.78 is 13.3. The van der Waals surface area contributed by atoms with Crippen molar-refractivity contribution in [3.05, 3.63) is 23.9 Å². The van der Waals surface area contributed by atoms with E-state index in [1.54, 1.807) is 0 Å². The van der Waals surface area contributed by atoms with E-state index in [0.29, 0.717) is 0 Å². The molecular weight excluding hydrogens is 232 g/mol. The molecule has 98 valence electrons. The highest BCUT2D eigenvalue weighted by Gasteiger charge is 2.20. The lowest BCUT2D eigenvalue weighted by Crippen LogP contribution is -2.20. The molecule has 0 aliphatic carbocycles. The molecule has 1 unspecified atom stereocenters. The van der Waals surface area contributed by atoms with Gasteiger partial charge in [0.2, 0.25) is 0 Å². The lowest BCUT2D eigenvalue weighted by atomic mass is 10.3. The standard InChI is InChI=1S/C9H12N2OS.2C2H6/c1-8-3-4-9(10-7-8)11-5-2-6-13(11)12;2*1-2/h3-4,7H,2,5-6H2,1H3;2*1-2H3. The van der Waals surface area contributed by atoms with E-state index in [-0.39, 0.29) is 0 Å². The first kappa shape index (κ1) is 16.1. The maximum Gasteiger partial charge on any atom is 0.140 e. The van der Waals surface area contributed by atoms with Crippen LogP contribution in [-0.4, -0.2) is 21.5 Å². The third kappa shape index (κ3) is 4.86. The molecule has 0 bridgehead atoms. The van der Waals surface area contributed by atoms with E-state index >= 15 is 0 Å². The Kier molecular flexibility index (Phi) is 8.68. The predicted octanol–water partition coefficient (Wildman–Crippen LogP) is 3.32. The van der Waals surface area contributed by atoms with E-state index < -0.39 is 11.0 Å². The summed E-state index contributed by atoms with van der Waals surface area (Å²) in [5.41, 5.74) is 1.13. The molecule has 2 rings (SSSR count). The lowest BCUT2D eigenvalue weighted by Gasteiger charge is -2.14. The van der Waals surface area contributed by atoms with Gasteiger partial charge in [-0.1, -0.05) is 33.8 Å². The summed E-state index contributed by atoms with van der Waals surface area (Å²) in [4.78, 5) is 4.24. The van der Waals surface area contributed by atoms with Crippen molar-refractivity contribution >= 4 is 16.8 Å². The van der Waals surface area contributed by atoms with Gasteiger partial charge in [0.25, 0.3) is 0 Å². The number of aryl methyl sites for hydroxylation is 1. The van der Waals surface area contributed by atoms with Crippen molar-refractivity contribution in [2.24, 2.45) is 0 Å². The maximum atomic E-state index is 11.5. The van der Waals surface area contributed by atoms with Crippen LogP contribution in [0.25, 0.3) is 0 Å². The molecule has 4 heteroatoms. The van der Waals surface area contributed by atoms with Crippen molar-refractivity contribution in [3.63, 3.8) is 0 Å². The molecule has 0 N–H and O–H groups in total. The van der Waals surface area contributed by atoms with Crippen LogP contribution >= 0.6 is 0 Å². The van der Waals surface area contributed by atoms with Gasteiger partial charge in [0.1, 0.15) is 16.8 Å². The third-order valence-electron chi connectivity index (χ3n) is 2.08. The first-order valence-corrected chi connectivity index (χ1v) is 7.63. The highest BCUT2D eigenvalue weighted by molar-refractivity contribution is 7.86. The fourth-order valence-corrected chi connectivity index (χ4v) is 2.62. The second kappa shape index (κ2) is 9.16. The van der Waals surface area contributed by atoms with Crippen molar-refractivity contribution < 1.29 is 4.21 Å². The quantitative estimate of drug-likeness (QED) is 0.772. The van der Waals surface area contributed by atoms with Gasteiger partial charge in [-0.3, -0.25) is 4.31 Å². The Hall–Kier alpha value is -0.900. The van der Waals surface area contributed by atoms with E-state index in [1.165, 1.54) is 0 Å². The summed E-state index contributed by atoms with van der Waals surface area (Å²) in [6.45, 7) is 10.9. The van der Waals surface area contributed by atoms with E-state index in [9.17, 15) is 4.21 Å². The van der Waals surface area contributed by atoms with Crippen molar-refractivity contribution in [3.8, 4) is 0 Å². The monoisotopic (exact) mass is 256 g/mol. The number of aromatic nitrogens is 1. The van der Waals surface area contributed by atoms with Crippen LogP contribution < -0.4 is 4.31 Å². The lowest BCUT2D eigenvalue weighted by molar-refractivity contribution is 0.685. The van der Waals surface area contributed by atoms with Crippen molar-refractivity contribution in [2.75, 3.05) is 16.6 Å². The van der Waals surface area contributed by atoms with Gasteiger partial charge < -0.3 is 0 Å². The Balaban J connectivity index is 0.000000581. The van der Waals surface area contributed by atoms with Crippen molar-refractivity contribution in [1.82, 2.24) is 4.98 Å². The SMILES string of the molecule is CC.CC.Cc1ccc(N2CCCS2=O)nc1. The summed E-state index contributed by atoms with van der Waals surface area (Å²) >= 11 is 0. The molecule has 0 aromatic carbocycles. The summed E-state index contributed by atoms with van der Waals surface area (Å²) in [5.74, 6) is 1.61. The summed E-state index contributed by atoms with van der Waals surface area (Å²) in [6.07, 6.45) is 2.81. The van der Waals surface area contributed by atoms with Gasteiger partial charge >= 0.3 is 0 Å². The van der Waals surface area contributed by atoms with Gasteiger partial charge in [-0.2, -0.15) is 0 Å². The van der Waals surface area contributed by atoms with Crippen LogP contribution in [0.15, 0.2) is 18.3 Å². The molecule has 3 nitrogen and oxygen atoms in total. The van der Waals surface area contributed by atoms with E-state index in [4.69, 9.17) is 0 Å². The van der Waals surface area contributed by atoms with Crippen molar-refractivity contribution in [2.45, 2.75) is 41.0 Å². The Morgan fingerprint density at radius 1 is 1.24 bits per heavy atom. The molecular formula is C13H24N2OS. The minimum absolute atomic E-state index is 0.773. The predicted molar refractivity (Wildman–Crippen MR) is 76.6 cm³/mol. The smallest absolute Gasteiger partial charge is 0.140 e. The molecule has 0 radical (unpaired) electrons. The number of anilines is 1. The maximum absolute atomic E-state index is 11.5. The minimum atomic E-state index is -0.847. The van der Waals surface area contributed by atoms with Gasteiger partial charge in [-0.05, 0) is 25.0 Å². The number of hydrogen-bond acceptors (Lipinski definition) is 2. The Labute approximate surface area is 108 Å². The summed E-state index contributed by atoms with van der Waals surface area (Å²) in [6, 6.07) is 3.93. The number of pyridine rings is 1. The average molecular weight is 256 g/mol. The second-order valence-electron chi connectivity index (χ2n) is 3.18. The average Bonchev–Trinajstić information content (AvgIpc) is 2.82. The first-order valence-electron chi connectivity index (χ1n) is 6.36. The Bertz CT molecular complexity index is 325. The summed E-state index contributed by atoms with van der Waals surface area (Å²) in [7, 11) is -0.847. The summed E-state index contributed by atoms with van der Waals surface area (Å²) in [5, 5.41) is 0. The molecule has 0 spiro atoms. The third-order valence-corrected chi connectivity index (χ3v) is 3.58. The Morgan fingerprint density at radius 2 is 1.88 bits per heavy atom. The zero-order valence-electron chi connectivity index (χ0n) is 11.6. The number of nitrogens with zero attached hydrogens (tertiary/aromatic N) is 2. The van der Waals surface area contributed by atoms with Gasteiger partial charge in [0.05, 0.1) is 0 Å². The molecule has 1 atom stereocenters. The molecule has 0 saturated carbocycles. The molecule has 1 aliphatic heterocycles. The van der Waals surface area contributed by atoms with Gasteiger partial charge in [-0.25, -0.2) is 9.19 Å². The van der Waals surface area contributed by atoms with Gasteiger partial charge in [0, 0.05) is 18.5 Å². The van der Waals surface area contributed by atoms with Crippen LogP contribution in [0.4, 0.5) is 5.82 Å². The second-order valence-corrected chi connectivity index (χ2v) is 4.67. The van der Waals surface area contributed by atoms with Crippen LogP contribution in [0, 0.1) is 6.92 Å². The number of rotatable bonds is 1. The molecule has 2 heterocycles. The zero-order chi connectivity index (χ0) is 13.3. The normalized spacial score (nSPS) is 17.7. The fraction of sp³-hybridized carbons (Fsp3) is 0.615. The Morgan fingerprint density at radius 3 is 2.29 bits per heavy atom. The van der Waals surface area contributed by atoms with Crippen molar-refractivity contribution in [1.29, 1.82) is 0 Å². The molecule has 0 amide bonds. The van der Waals surface area contributed by atoms with Crippen LogP contribution in [0.2, 0.25) is 0 Å². The molecule has 1 aliphatic rings. The molecule has 1 aromatic heterocycles. The highest BCUT2D eigenvalue weighted by Crippen LogP contribution is 2.18. The van der Waals surface area contributed by atoms with Crippen LogP contribution in [-0.2, 0) is 11.0 Å². The molecule has 1 fully saturated rings. The van der Waals surface area contributed by atoms with E-state index in [0.717, 1.165) is 30.1 Å². The number of hydrogen-bond donors (Lipinski definition) is 0. The highest BCUT2D eigenvalue weighted by atomic mass is 32.2. The van der Waals surface area contributed by atoms with E-state index in [2.05, 4.69) is 4.98 Å². The topological polar surface area (TPSA) is 33.2 Å². The molecule has 17 heavy (non-hydrogen) atoms. The van der Waals surface area contributed by atoms with Gasteiger partial charge in [-0.15, -0.1) is 0 Å². The first-order chi connectivity index (χ1) is 8.27. The van der Waals surface area contributed by atoms with Crippen LogP contribution in [0.3, 0.4) is 0 Å². The molecule has 1 saturated heterocycles. The molecule has 1 aromatic rings. The van der Waals surface area contributed by atoms with Gasteiger partial charge in [0.15, 0.2) is 0 Å². The minimum Gasteiger partial charge on any atom is -0.276 e. The van der Waals surface area contributed by atoms with E-state index in [1.807, 2.05) is 57.3 Å². The zero-order valence-corrected chi connectivity index (χ0v) is 12.4. The van der Waals surface area contributed by atoms with Crippen LogP contribution in [0.5, 0.6) is 0 Å². The largest absolute Gasteiger partial charge is 0.276 e. The fourth-order valence-electron chi connectivity index (χ4n) is 1.37. The van der Waals surface area contributed by atoms with Crippen LogP contribution in [0.1, 0.15) is 39.7 Å².